The predicted octanol–water partition coefficient (Wildman–Crippen LogP) is 5.73. The largest absolute Gasteiger partial charge is 0.491 e. The first-order valence-electron chi connectivity index (χ1n) is 12.4. The number of halogens is 1. The lowest BCUT2D eigenvalue weighted by molar-refractivity contribution is 0.0994. The molecule has 1 atom stereocenters. The van der Waals surface area contributed by atoms with E-state index in [2.05, 4.69) is 15.0 Å². The van der Waals surface area contributed by atoms with Crippen molar-refractivity contribution in [2.75, 3.05) is 11.5 Å². The summed E-state index contributed by atoms with van der Waals surface area (Å²) in [5.41, 5.74) is 4.74. The molecule has 1 aliphatic heterocycles. The maximum absolute atomic E-state index is 10.1. The van der Waals surface area contributed by atoms with Crippen molar-refractivity contribution in [3.8, 4) is 28.4 Å². The molecule has 1 aliphatic rings. The number of hydrogen-bond donors (Lipinski definition) is 1. The molecular weight excluding hydrogens is 494 g/mol. The Labute approximate surface area is 220 Å². The van der Waals surface area contributed by atoms with Crippen molar-refractivity contribution in [2.24, 2.45) is 0 Å². The van der Waals surface area contributed by atoms with Gasteiger partial charge in [-0.15, -0.1) is 0 Å². The molecule has 0 saturated carbocycles. The van der Waals surface area contributed by atoms with Crippen LogP contribution in [0.4, 0.5) is 5.82 Å². The molecule has 0 fully saturated rings. The highest BCUT2D eigenvalue weighted by Crippen LogP contribution is 2.39. The Hall–Kier alpha value is -3.43. The van der Waals surface area contributed by atoms with E-state index in [1.54, 1.807) is 12.1 Å². The summed E-state index contributed by atoms with van der Waals surface area (Å²) in [6, 6.07) is 5.35. The standard InChI is InChI=1S/C27H30ClN5O4/c1-6-7-18(34)13-35-19-8-9-21(28)20(10-19)26-30-25(24-15(3)32-37-16(24)4)14(2)27(31-26)33-11-22-23(12-33)36-17(5)29-22/h8-10,18,34H,6-7,11-13H2,1-5H3/t18-/m1/s1. The molecule has 37 heavy (non-hydrogen) atoms. The van der Waals surface area contributed by atoms with Gasteiger partial charge in [-0.05, 0) is 45.4 Å². The molecule has 0 unspecified atom stereocenters. The van der Waals surface area contributed by atoms with E-state index in [0.29, 0.717) is 53.3 Å². The Kier molecular flexibility index (Phi) is 6.92. The van der Waals surface area contributed by atoms with Gasteiger partial charge in [-0.2, -0.15) is 0 Å². The van der Waals surface area contributed by atoms with Crippen molar-refractivity contribution in [1.82, 2.24) is 20.1 Å². The van der Waals surface area contributed by atoms with Crippen LogP contribution in [-0.4, -0.2) is 37.9 Å². The summed E-state index contributed by atoms with van der Waals surface area (Å²) in [5.74, 6) is 3.97. The van der Waals surface area contributed by atoms with E-state index in [9.17, 15) is 5.11 Å². The molecular formula is C27H30ClN5O4. The molecule has 9 nitrogen and oxygen atoms in total. The lowest BCUT2D eigenvalue weighted by Gasteiger charge is -2.21. The van der Waals surface area contributed by atoms with E-state index < -0.39 is 6.10 Å². The van der Waals surface area contributed by atoms with Crippen LogP contribution in [0.15, 0.2) is 27.1 Å². The minimum Gasteiger partial charge on any atom is -0.491 e. The summed E-state index contributed by atoms with van der Waals surface area (Å²) in [5, 5.41) is 14.7. The average molecular weight is 524 g/mol. The maximum Gasteiger partial charge on any atom is 0.191 e. The van der Waals surface area contributed by atoms with E-state index in [1.807, 2.05) is 40.7 Å². The van der Waals surface area contributed by atoms with Gasteiger partial charge in [-0.3, -0.25) is 0 Å². The van der Waals surface area contributed by atoms with Gasteiger partial charge in [-0.1, -0.05) is 30.1 Å². The smallest absolute Gasteiger partial charge is 0.191 e. The average Bonchev–Trinajstić information content (AvgIpc) is 3.51. The first-order valence-corrected chi connectivity index (χ1v) is 12.8. The third-order valence-corrected chi connectivity index (χ3v) is 6.82. The molecule has 5 rings (SSSR count). The van der Waals surface area contributed by atoms with Gasteiger partial charge in [0, 0.05) is 18.1 Å². The normalized spacial score (nSPS) is 13.8. The Morgan fingerprint density at radius 2 is 1.95 bits per heavy atom. The first kappa shape index (κ1) is 25.2. The van der Waals surface area contributed by atoms with Crippen LogP contribution in [0.1, 0.15) is 54.1 Å². The Balaban J connectivity index is 1.59. The molecule has 4 heterocycles. The molecule has 10 heteroatoms. The second-order valence-corrected chi connectivity index (χ2v) is 9.80. The van der Waals surface area contributed by atoms with Gasteiger partial charge in [0.25, 0.3) is 0 Å². The Morgan fingerprint density at radius 1 is 1.14 bits per heavy atom. The number of hydrogen-bond acceptors (Lipinski definition) is 9. The highest BCUT2D eigenvalue weighted by molar-refractivity contribution is 6.33. The van der Waals surface area contributed by atoms with Crippen LogP contribution in [0.3, 0.4) is 0 Å². The molecule has 0 spiro atoms. The highest BCUT2D eigenvalue weighted by Gasteiger charge is 2.30. The van der Waals surface area contributed by atoms with Crippen LogP contribution < -0.4 is 9.64 Å². The third kappa shape index (κ3) is 4.93. The number of anilines is 1. The molecule has 0 aliphatic carbocycles. The molecule has 194 valence electrons. The number of ether oxygens (including phenoxy) is 1. The molecule has 0 amide bonds. The summed E-state index contributed by atoms with van der Waals surface area (Å²) < 4.78 is 17.1. The summed E-state index contributed by atoms with van der Waals surface area (Å²) in [4.78, 5) is 16.6. The summed E-state index contributed by atoms with van der Waals surface area (Å²) in [6.45, 7) is 11.0. The fraction of sp³-hybridized carbons (Fsp3) is 0.407. The number of rotatable bonds is 8. The minimum atomic E-state index is -0.532. The SMILES string of the molecule is CCC[C@@H](O)COc1ccc(Cl)c(-c2nc(-c3c(C)noc3C)c(C)c(N3Cc4nc(C)oc4C3)n2)c1. The molecule has 1 aromatic carbocycles. The van der Waals surface area contributed by atoms with E-state index >= 15 is 0 Å². The first-order chi connectivity index (χ1) is 17.7. The zero-order chi connectivity index (χ0) is 26.3. The predicted molar refractivity (Wildman–Crippen MR) is 140 cm³/mol. The Morgan fingerprint density at radius 3 is 2.65 bits per heavy atom. The van der Waals surface area contributed by atoms with Gasteiger partial charge in [-0.25, -0.2) is 15.0 Å². The van der Waals surface area contributed by atoms with Crippen LogP contribution in [0.5, 0.6) is 5.75 Å². The van der Waals surface area contributed by atoms with Crippen LogP contribution in [0.25, 0.3) is 22.6 Å². The topological polar surface area (TPSA) is 111 Å². The number of benzene rings is 1. The number of oxazole rings is 1. The van der Waals surface area contributed by atoms with Crippen molar-refractivity contribution in [3.63, 3.8) is 0 Å². The fourth-order valence-corrected chi connectivity index (χ4v) is 4.89. The van der Waals surface area contributed by atoms with Crippen LogP contribution in [-0.2, 0) is 13.1 Å². The Bertz CT molecular complexity index is 1400. The number of aliphatic hydroxyl groups is 1. The fourth-order valence-electron chi connectivity index (χ4n) is 4.69. The van der Waals surface area contributed by atoms with Gasteiger partial charge in [0.1, 0.15) is 35.4 Å². The van der Waals surface area contributed by atoms with E-state index in [1.165, 1.54) is 0 Å². The number of nitrogens with zero attached hydrogens (tertiary/aromatic N) is 5. The van der Waals surface area contributed by atoms with Crippen molar-refractivity contribution in [2.45, 2.75) is 66.7 Å². The van der Waals surface area contributed by atoms with Crippen LogP contribution in [0.2, 0.25) is 5.02 Å². The number of fused-ring (bicyclic) bond motifs is 1. The van der Waals surface area contributed by atoms with Crippen LogP contribution >= 0.6 is 11.6 Å². The number of aromatic nitrogens is 4. The zero-order valence-electron chi connectivity index (χ0n) is 21.6. The highest BCUT2D eigenvalue weighted by atomic mass is 35.5. The van der Waals surface area contributed by atoms with Gasteiger partial charge in [0.2, 0.25) is 0 Å². The lowest BCUT2D eigenvalue weighted by atomic mass is 10.0. The van der Waals surface area contributed by atoms with Gasteiger partial charge in [0.15, 0.2) is 11.7 Å². The molecule has 0 saturated heterocycles. The zero-order valence-corrected chi connectivity index (χ0v) is 22.4. The van der Waals surface area contributed by atoms with E-state index in [4.69, 9.17) is 35.2 Å². The van der Waals surface area contributed by atoms with Crippen molar-refractivity contribution in [1.29, 1.82) is 0 Å². The third-order valence-electron chi connectivity index (χ3n) is 6.49. The van der Waals surface area contributed by atoms with Gasteiger partial charge < -0.3 is 23.7 Å². The summed E-state index contributed by atoms with van der Waals surface area (Å²) in [6.07, 6.45) is 1.02. The minimum absolute atomic E-state index is 0.199. The van der Waals surface area contributed by atoms with Crippen molar-refractivity contribution < 1.29 is 18.8 Å². The monoisotopic (exact) mass is 523 g/mol. The van der Waals surface area contributed by atoms with Crippen LogP contribution in [0, 0.1) is 27.7 Å². The molecule has 0 bridgehead atoms. The summed E-state index contributed by atoms with van der Waals surface area (Å²) >= 11 is 6.65. The number of aryl methyl sites for hydroxylation is 3. The molecule has 4 aromatic rings. The van der Waals surface area contributed by atoms with Crippen molar-refractivity contribution >= 4 is 17.4 Å². The van der Waals surface area contributed by atoms with Crippen molar-refractivity contribution in [3.05, 3.63) is 57.6 Å². The number of aliphatic hydroxyl groups excluding tert-OH is 1. The van der Waals surface area contributed by atoms with Gasteiger partial charge in [0.05, 0.1) is 41.2 Å². The van der Waals surface area contributed by atoms with E-state index in [-0.39, 0.29) is 6.61 Å². The van der Waals surface area contributed by atoms with Gasteiger partial charge >= 0.3 is 0 Å². The quantitative estimate of drug-likeness (QED) is 0.309. The molecule has 0 radical (unpaired) electrons. The molecule has 3 aromatic heterocycles. The lowest BCUT2D eigenvalue weighted by Crippen LogP contribution is -2.19. The summed E-state index contributed by atoms with van der Waals surface area (Å²) in [7, 11) is 0. The molecule has 1 N–H and O–H groups in total. The maximum atomic E-state index is 10.1. The second kappa shape index (κ2) is 10.1. The van der Waals surface area contributed by atoms with E-state index in [0.717, 1.165) is 46.2 Å². The second-order valence-electron chi connectivity index (χ2n) is 9.40.